The molecule has 0 heteroatoms. The quantitative estimate of drug-likeness (QED) is 0.537. The van der Waals surface area contributed by atoms with Crippen LogP contribution >= 0.6 is 0 Å². The van der Waals surface area contributed by atoms with Crippen molar-refractivity contribution in [3.8, 4) is 0 Å². The van der Waals surface area contributed by atoms with E-state index in [1.165, 1.54) is 18.4 Å². The molecule has 0 spiro atoms. The predicted octanol–water partition coefficient (Wildman–Crippen LogP) is 3.95. The summed E-state index contributed by atoms with van der Waals surface area (Å²) in [6.07, 6.45) is 6.39. The molecule has 0 aliphatic carbocycles. The van der Waals surface area contributed by atoms with E-state index >= 15 is 0 Å². The van der Waals surface area contributed by atoms with Gasteiger partial charge < -0.3 is 0 Å². The number of allylic oxidation sites excluding steroid dienone is 3. The highest BCUT2D eigenvalue weighted by Gasteiger charge is 2.08. The van der Waals surface area contributed by atoms with Crippen molar-refractivity contribution in [3.05, 3.63) is 24.3 Å². The van der Waals surface area contributed by atoms with Gasteiger partial charge in [-0.1, -0.05) is 45.1 Å². The first-order chi connectivity index (χ1) is 4.95. The second-order valence-electron chi connectivity index (χ2n) is 4.31. The lowest BCUT2D eigenvalue weighted by Crippen LogP contribution is -2.04. The summed E-state index contributed by atoms with van der Waals surface area (Å²) in [6, 6.07) is 0. The van der Waals surface area contributed by atoms with Crippen LogP contribution in [-0.4, -0.2) is 0 Å². The summed E-state index contributed by atoms with van der Waals surface area (Å²) in [5.74, 6) is 0. The highest BCUT2D eigenvalue weighted by molar-refractivity contribution is 5.07. The third-order valence-corrected chi connectivity index (χ3v) is 1.67. The Hall–Kier alpha value is -0.520. The van der Waals surface area contributed by atoms with Crippen LogP contribution in [0.3, 0.4) is 0 Å². The predicted molar refractivity (Wildman–Crippen MR) is 52.6 cm³/mol. The molecule has 0 saturated heterocycles. The van der Waals surface area contributed by atoms with Crippen molar-refractivity contribution in [1.29, 1.82) is 0 Å². The summed E-state index contributed by atoms with van der Waals surface area (Å²) >= 11 is 0. The van der Waals surface area contributed by atoms with Crippen molar-refractivity contribution in [2.45, 2.75) is 40.5 Å². The Morgan fingerprint density at radius 3 is 2.27 bits per heavy atom. The molecular formula is C11H20. The summed E-state index contributed by atoms with van der Waals surface area (Å²) < 4.78 is 0. The van der Waals surface area contributed by atoms with Crippen LogP contribution in [0.25, 0.3) is 0 Å². The van der Waals surface area contributed by atoms with Crippen LogP contribution in [0.1, 0.15) is 40.5 Å². The van der Waals surface area contributed by atoms with Crippen LogP contribution in [0.4, 0.5) is 0 Å². The van der Waals surface area contributed by atoms with E-state index in [4.69, 9.17) is 0 Å². The topological polar surface area (TPSA) is 0 Å². The molecule has 64 valence electrons. The van der Waals surface area contributed by atoms with Gasteiger partial charge in [0.2, 0.25) is 0 Å². The van der Waals surface area contributed by atoms with Crippen LogP contribution in [0.5, 0.6) is 0 Å². The SMILES string of the molecule is C=C/C=C(/C)CCC(C)(C)C. The molecule has 0 saturated carbocycles. The molecule has 0 radical (unpaired) electrons. The van der Waals surface area contributed by atoms with Gasteiger partial charge in [-0.15, -0.1) is 0 Å². The van der Waals surface area contributed by atoms with Crippen LogP contribution in [0, 0.1) is 5.41 Å². The Balaban J connectivity index is 3.71. The average molecular weight is 152 g/mol. The van der Waals surface area contributed by atoms with Crippen molar-refractivity contribution in [2.24, 2.45) is 5.41 Å². The Kier molecular flexibility index (Phi) is 4.17. The van der Waals surface area contributed by atoms with Gasteiger partial charge in [-0.25, -0.2) is 0 Å². The van der Waals surface area contributed by atoms with Gasteiger partial charge in [0.1, 0.15) is 0 Å². The van der Waals surface area contributed by atoms with Crippen LogP contribution in [0.2, 0.25) is 0 Å². The van der Waals surface area contributed by atoms with E-state index in [0.717, 1.165) is 0 Å². The Labute approximate surface area is 71.0 Å². The van der Waals surface area contributed by atoms with Crippen molar-refractivity contribution in [2.75, 3.05) is 0 Å². The maximum Gasteiger partial charge on any atom is -0.0315 e. The normalized spacial score (nSPS) is 13.3. The van der Waals surface area contributed by atoms with Crippen molar-refractivity contribution in [1.82, 2.24) is 0 Å². The van der Waals surface area contributed by atoms with Gasteiger partial charge in [0.15, 0.2) is 0 Å². The second-order valence-corrected chi connectivity index (χ2v) is 4.31. The molecule has 0 aromatic rings. The minimum atomic E-state index is 0.455. The molecule has 0 bridgehead atoms. The highest BCUT2D eigenvalue weighted by Crippen LogP contribution is 2.22. The molecule has 0 aromatic heterocycles. The zero-order chi connectivity index (χ0) is 8.91. The summed E-state index contributed by atoms with van der Waals surface area (Å²) in [4.78, 5) is 0. The molecule has 0 aromatic carbocycles. The lowest BCUT2D eigenvalue weighted by Gasteiger charge is -2.17. The van der Waals surface area contributed by atoms with E-state index < -0.39 is 0 Å². The molecule has 0 N–H and O–H groups in total. The van der Waals surface area contributed by atoms with Gasteiger partial charge in [-0.3, -0.25) is 0 Å². The van der Waals surface area contributed by atoms with Gasteiger partial charge >= 0.3 is 0 Å². The van der Waals surface area contributed by atoms with Crippen molar-refractivity contribution < 1.29 is 0 Å². The third-order valence-electron chi connectivity index (χ3n) is 1.67. The van der Waals surface area contributed by atoms with E-state index in [1.54, 1.807) is 0 Å². The minimum absolute atomic E-state index is 0.455. The summed E-state index contributed by atoms with van der Waals surface area (Å²) in [6.45, 7) is 12.6. The van der Waals surface area contributed by atoms with Crippen molar-refractivity contribution >= 4 is 0 Å². The number of hydrogen-bond donors (Lipinski definition) is 0. The third kappa shape index (κ3) is 7.38. The summed E-state index contributed by atoms with van der Waals surface area (Å²) in [5, 5.41) is 0. The first kappa shape index (κ1) is 10.5. The van der Waals surface area contributed by atoms with E-state index in [1.807, 2.05) is 6.08 Å². The molecule has 0 aliphatic heterocycles. The van der Waals surface area contributed by atoms with Gasteiger partial charge in [-0.2, -0.15) is 0 Å². The maximum absolute atomic E-state index is 3.67. The zero-order valence-electron chi connectivity index (χ0n) is 8.28. The fourth-order valence-electron chi connectivity index (χ4n) is 0.857. The minimum Gasteiger partial charge on any atom is -0.0991 e. The maximum atomic E-state index is 3.67. The monoisotopic (exact) mass is 152 g/mol. The lowest BCUT2D eigenvalue weighted by molar-refractivity contribution is 0.377. The van der Waals surface area contributed by atoms with E-state index in [-0.39, 0.29) is 0 Å². The van der Waals surface area contributed by atoms with E-state index in [2.05, 4.69) is 40.3 Å². The highest BCUT2D eigenvalue weighted by atomic mass is 14.1. The number of hydrogen-bond acceptors (Lipinski definition) is 0. The smallest absolute Gasteiger partial charge is 0.0315 e. The van der Waals surface area contributed by atoms with E-state index in [9.17, 15) is 0 Å². The summed E-state index contributed by atoms with van der Waals surface area (Å²) in [5.41, 5.74) is 1.88. The molecule has 0 nitrogen and oxygen atoms in total. The van der Waals surface area contributed by atoms with E-state index in [0.29, 0.717) is 5.41 Å². The summed E-state index contributed by atoms with van der Waals surface area (Å²) in [7, 11) is 0. The van der Waals surface area contributed by atoms with Gasteiger partial charge in [0, 0.05) is 0 Å². The van der Waals surface area contributed by atoms with Gasteiger partial charge in [0.25, 0.3) is 0 Å². The average Bonchev–Trinajstić information content (AvgIpc) is 1.83. The molecule has 0 aliphatic rings. The van der Waals surface area contributed by atoms with Crippen LogP contribution in [-0.2, 0) is 0 Å². The first-order valence-corrected chi connectivity index (χ1v) is 4.24. The van der Waals surface area contributed by atoms with Crippen LogP contribution in [0.15, 0.2) is 24.3 Å². The Morgan fingerprint density at radius 2 is 1.91 bits per heavy atom. The Bertz CT molecular complexity index is 144. The molecule has 0 atom stereocenters. The standard InChI is InChI=1S/C11H20/c1-6-7-10(2)8-9-11(3,4)5/h6-7H,1,8-9H2,2-5H3/b10-7-. The van der Waals surface area contributed by atoms with Crippen molar-refractivity contribution in [3.63, 3.8) is 0 Å². The number of rotatable bonds is 3. The zero-order valence-corrected chi connectivity index (χ0v) is 8.28. The van der Waals surface area contributed by atoms with Gasteiger partial charge in [-0.05, 0) is 25.2 Å². The molecule has 0 fully saturated rings. The largest absolute Gasteiger partial charge is 0.0991 e. The fraction of sp³-hybridized carbons (Fsp3) is 0.636. The molecule has 0 amide bonds. The fourth-order valence-corrected chi connectivity index (χ4v) is 0.857. The molecule has 0 rings (SSSR count). The van der Waals surface area contributed by atoms with Gasteiger partial charge in [0.05, 0.1) is 0 Å². The van der Waals surface area contributed by atoms with Crippen LogP contribution < -0.4 is 0 Å². The first-order valence-electron chi connectivity index (χ1n) is 4.24. The molecule has 11 heavy (non-hydrogen) atoms. The second kappa shape index (κ2) is 4.38. The Morgan fingerprint density at radius 1 is 1.36 bits per heavy atom. The lowest BCUT2D eigenvalue weighted by atomic mass is 9.89. The molecule has 0 heterocycles. The molecule has 0 unspecified atom stereocenters. The molecular weight excluding hydrogens is 132 g/mol.